The Balaban J connectivity index is 1.41. The molecule has 0 fully saturated rings. The Morgan fingerprint density at radius 1 is 0.917 bits per heavy atom. The quantitative estimate of drug-likeness (QED) is 0.358. The van der Waals surface area contributed by atoms with Gasteiger partial charge in [-0.25, -0.2) is 9.50 Å². The Labute approximate surface area is 211 Å². The standard InChI is InChI=1S/C28H32N4O4/c1-18-21(11-13-28(33)29-15-14-20-10-12-25(35-4)26(16-20)36-5)19(2)32-27(30-18)17-23(31-32)22-8-6-7-9-24(22)34-3/h6-10,12,16-17H,11,13-15H2,1-5H3,(H,29,33). The molecule has 2 aromatic heterocycles. The molecule has 1 N–H and O–H groups in total. The van der Waals surface area contributed by atoms with Crippen molar-refractivity contribution in [2.45, 2.75) is 33.1 Å². The zero-order valence-electron chi connectivity index (χ0n) is 21.4. The zero-order chi connectivity index (χ0) is 25.7. The van der Waals surface area contributed by atoms with E-state index in [1.165, 1.54) is 0 Å². The first-order chi connectivity index (χ1) is 17.4. The zero-order valence-corrected chi connectivity index (χ0v) is 21.4. The van der Waals surface area contributed by atoms with Crippen molar-refractivity contribution in [2.75, 3.05) is 27.9 Å². The van der Waals surface area contributed by atoms with Gasteiger partial charge in [-0.1, -0.05) is 18.2 Å². The molecule has 0 saturated heterocycles. The Morgan fingerprint density at radius 3 is 2.42 bits per heavy atom. The Morgan fingerprint density at radius 2 is 1.67 bits per heavy atom. The predicted molar refractivity (Wildman–Crippen MR) is 139 cm³/mol. The number of benzene rings is 2. The van der Waals surface area contributed by atoms with Crippen LogP contribution in [0.2, 0.25) is 0 Å². The van der Waals surface area contributed by atoms with Crippen LogP contribution in [0.4, 0.5) is 0 Å². The van der Waals surface area contributed by atoms with Gasteiger partial charge in [-0.3, -0.25) is 4.79 Å². The number of aryl methyl sites for hydroxylation is 2. The SMILES string of the molecule is COc1ccc(CCNC(=O)CCc2c(C)nc3cc(-c4ccccc4OC)nn3c2C)cc1OC. The monoisotopic (exact) mass is 488 g/mol. The number of hydrogen-bond acceptors (Lipinski definition) is 6. The molecule has 2 aromatic carbocycles. The summed E-state index contributed by atoms with van der Waals surface area (Å²) >= 11 is 0. The van der Waals surface area contributed by atoms with Gasteiger partial charge in [0, 0.05) is 36.0 Å². The number of nitrogens with one attached hydrogen (secondary N) is 1. The molecule has 8 nitrogen and oxygen atoms in total. The molecule has 36 heavy (non-hydrogen) atoms. The van der Waals surface area contributed by atoms with Crippen LogP contribution in [0.15, 0.2) is 48.5 Å². The highest BCUT2D eigenvalue weighted by molar-refractivity contribution is 5.76. The minimum atomic E-state index is 0.00421. The van der Waals surface area contributed by atoms with Gasteiger partial charge in [0.2, 0.25) is 5.91 Å². The summed E-state index contributed by atoms with van der Waals surface area (Å²) in [6, 6.07) is 15.5. The van der Waals surface area contributed by atoms with Gasteiger partial charge in [-0.15, -0.1) is 0 Å². The third kappa shape index (κ3) is 5.27. The number of methoxy groups -OCH3 is 3. The van der Waals surface area contributed by atoms with E-state index >= 15 is 0 Å². The number of nitrogens with zero attached hydrogens (tertiary/aromatic N) is 3. The maximum Gasteiger partial charge on any atom is 0.220 e. The van der Waals surface area contributed by atoms with E-state index in [4.69, 9.17) is 24.3 Å². The van der Waals surface area contributed by atoms with Crippen molar-refractivity contribution in [3.8, 4) is 28.5 Å². The second-order valence-electron chi connectivity index (χ2n) is 8.55. The molecule has 1 amide bonds. The fraction of sp³-hybridized carbons (Fsp3) is 0.321. The lowest BCUT2D eigenvalue weighted by molar-refractivity contribution is -0.121. The van der Waals surface area contributed by atoms with Crippen molar-refractivity contribution in [3.05, 3.63) is 71.0 Å². The Kier molecular flexibility index (Phi) is 7.73. The second kappa shape index (κ2) is 11.1. The molecule has 0 atom stereocenters. The number of hydrogen-bond donors (Lipinski definition) is 1. The van der Waals surface area contributed by atoms with Gasteiger partial charge >= 0.3 is 0 Å². The van der Waals surface area contributed by atoms with E-state index in [2.05, 4.69) is 5.32 Å². The molecular formula is C28H32N4O4. The molecule has 188 valence electrons. The van der Waals surface area contributed by atoms with E-state index in [0.29, 0.717) is 37.3 Å². The average Bonchev–Trinajstić information content (AvgIpc) is 3.32. The normalized spacial score (nSPS) is 10.9. The number of amides is 1. The first kappa shape index (κ1) is 25.0. The molecule has 0 radical (unpaired) electrons. The maximum atomic E-state index is 12.6. The van der Waals surface area contributed by atoms with Gasteiger partial charge in [-0.05, 0) is 62.1 Å². The van der Waals surface area contributed by atoms with Crippen molar-refractivity contribution < 1.29 is 19.0 Å². The molecule has 4 rings (SSSR count). The first-order valence-corrected chi connectivity index (χ1v) is 11.9. The van der Waals surface area contributed by atoms with Crippen molar-refractivity contribution in [3.63, 3.8) is 0 Å². The van der Waals surface area contributed by atoms with Gasteiger partial charge in [0.15, 0.2) is 17.1 Å². The summed E-state index contributed by atoms with van der Waals surface area (Å²) in [6.07, 6.45) is 1.67. The Bertz CT molecular complexity index is 1380. The second-order valence-corrected chi connectivity index (χ2v) is 8.55. The van der Waals surface area contributed by atoms with E-state index in [-0.39, 0.29) is 5.91 Å². The highest BCUT2D eigenvalue weighted by Gasteiger charge is 2.16. The highest BCUT2D eigenvalue weighted by Crippen LogP contribution is 2.30. The molecule has 0 aliphatic rings. The summed E-state index contributed by atoms with van der Waals surface area (Å²) in [4.78, 5) is 17.3. The number of rotatable bonds is 10. The lowest BCUT2D eigenvalue weighted by atomic mass is 10.1. The van der Waals surface area contributed by atoms with E-state index < -0.39 is 0 Å². The van der Waals surface area contributed by atoms with Gasteiger partial charge < -0.3 is 19.5 Å². The van der Waals surface area contributed by atoms with Crippen LogP contribution in [0.3, 0.4) is 0 Å². The number of para-hydroxylation sites is 1. The van der Waals surface area contributed by atoms with Crippen LogP contribution in [0.25, 0.3) is 16.9 Å². The fourth-order valence-electron chi connectivity index (χ4n) is 4.39. The third-order valence-electron chi connectivity index (χ3n) is 6.33. The summed E-state index contributed by atoms with van der Waals surface area (Å²) < 4.78 is 18.0. The maximum absolute atomic E-state index is 12.6. The lowest BCUT2D eigenvalue weighted by Crippen LogP contribution is -2.26. The molecule has 0 saturated carbocycles. The minimum Gasteiger partial charge on any atom is -0.496 e. The Hall–Kier alpha value is -4.07. The molecule has 8 heteroatoms. The van der Waals surface area contributed by atoms with Crippen LogP contribution in [0.5, 0.6) is 17.2 Å². The van der Waals surface area contributed by atoms with Crippen LogP contribution in [-0.2, 0) is 17.6 Å². The summed E-state index contributed by atoms with van der Waals surface area (Å²) in [5.41, 5.74) is 6.48. The average molecular weight is 489 g/mol. The highest BCUT2D eigenvalue weighted by atomic mass is 16.5. The molecule has 0 unspecified atom stereocenters. The minimum absolute atomic E-state index is 0.00421. The van der Waals surface area contributed by atoms with Gasteiger partial charge in [0.05, 0.1) is 27.0 Å². The fourth-order valence-corrected chi connectivity index (χ4v) is 4.39. The predicted octanol–water partition coefficient (Wildman–Crippen LogP) is 4.33. The van der Waals surface area contributed by atoms with Crippen molar-refractivity contribution in [1.29, 1.82) is 0 Å². The van der Waals surface area contributed by atoms with Crippen molar-refractivity contribution >= 4 is 11.6 Å². The van der Waals surface area contributed by atoms with Crippen LogP contribution >= 0.6 is 0 Å². The summed E-state index contributed by atoms with van der Waals surface area (Å²) in [6.45, 7) is 4.54. The summed E-state index contributed by atoms with van der Waals surface area (Å²) in [7, 11) is 4.88. The van der Waals surface area contributed by atoms with Gasteiger partial charge in [0.25, 0.3) is 0 Å². The van der Waals surface area contributed by atoms with Crippen LogP contribution < -0.4 is 19.5 Å². The van der Waals surface area contributed by atoms with Gasteiger partial charge in [0.1, 0.15) is 5.75 Å². The molecule has 0 spiro atoms. The number of carbonyl (C=O) groups is 1. The molecule has 4 aromatic rings. The smallest absolute Gasteiger partial charge is 0.220 e. The lowest BCUT2D eigenvalue weighted by Gasteiger charge is -2.12. The molecule has 0 bridgehead atoms. The largest absolute Gasteiger partial charge is 0.496 e. The molecule has 2 heterocycles. The number of ether oxygens (including phenoxy) is 3. The van der Waals surface area contributed by atoms with Crippen LogP contribution in [-0.4, -0.2) is 48.4 Å². The van der Waals surface area contributed by atoms with Crippen molar-refractivity contribution in [1.82, 2.24) is 19.9 Å². The molecule has 0 aliphatic heterocycles. The summed E-state index contributed by atoms with van der Waals surface area (Å²) in [5.74, 6) is 2.14. The van der Waals surface area contributed by atoms with Crippen molar-refractivity contribution in [2.24, 2.45) is 0 Å². The number of fused-ring (bicyclic) bond motifs is 1. The third-order valence-corrected chi connectivity index (χ3v) is 6.33. The van der Waals surface area contributed by atoms with Gasteiger partial charge in [-0.2, -0.15) is 5.10 Å². The topological polar surface area (TPSA) is 87.0 Å². The summed E-state index contributed by atoms with van der Waals surface area (Å²) in [5, 5.41) is 7.80. The van der Waals surface area contributed by atoms with Crippen LogP contribution in [0.1, 0.15) is 28.9 Å². The van der Waals surface area contributed by atoms with E-state index in [0.717, 1.165) is 45.2 Å². The molecular weight excluding hydrogens is 456 g/mol. The van der Waals surface area contributed by atoms with E-state index in [9.17, 15) is 4.79 Å². The van der Waals surface area contributed by atoms with Crippen LogP contribution in [0, 0.1) is 13.8 Å². The van der Waals surface area contributed by atoms with E-state index in [1.54, 1.807) is 21.3 Å². The molecule has 0 aliphatic carbocycles. The van der Waals surface area contributed by atoms with E-state index in [1.807, 2.05) is 66.9 Å². The first-order valence-electron chi connectivity index (χ1n) is 11.9. The number of carbonyl (C=O) groups excluding carboxylic acids is 1. The number of aromatic nitrogens is 3.